The first kappa shape index (κ1) is 33.4. The smallest absolute Gasteiger partial charge is 0.320 e. The van der Waals surface area contributed by atoms with Gasteiger partial charge in [-0.2, -0.15) is 44.6 Å². The summed E-state index contributed by atoms with van der Waals surface area (Å²) in [5, 5.41) is 1.40. The quantitative estimate of drug-likeness (QED) is 0.273. The first-order chi connectivity index (χ1) is 20.1. The fourth-order valence-corrected chi connectivity index (χ4v) is 4.79. The highest BCUT2D eigenvalue weighted by Gasteiger charge is 2.73. The van der Waals surface area contributed by atoms with E-state index in [2.05, 4.69) is 15.9 Å². The zero-order chi connectivity index (χ0) is 33.2. The highest BCUT2D eigenvalue weighted by molar-refractivity contribution is 9.10. The molecule has 4 rings (SSSR count). The molecule has 0 spiro atoms. The molecule has 3 aromatic carbocycles. The zero-order valence-electron chi connectivity index (χ0n) is 20.7. The Morgan fingerprint density at radius 3 is 2.11 bits per heavy atom. The van der Waals surface area contributed by atoms with Crippen molar-refractivity contribution in [1.82, 2.24) is 0 Å². The predicted octanol–water partition coefficient (Wildman–Crippen LogP) is 9.03. The summed E-state index contributed by atoms with van der Waals surface area (Å²) in [4.78, 5) is 30.9. The Hall–Kier alpha value is -3.51. The van der Waals surface area contributed by atoms with Gasteiger partial charge in [0.1, 0.15) is 18.1 Å². The molecule has 0 saturated carbocycles. The van der Waals surface area contributed by atoms with Gasteiger partial charge in [-0.1, -0.05) is 17.7 Å². The van der Waals surface area contributed by atoms with Gasteiger partial charge in [-0.05, 0) is 57.9 Å². The van der Waals surface area contributed by atoms with Crippen LogP contribution in [0.2, 0.25) is 5.02 Å². The highest BCUT2D eigenvalue weighted by atomic mass is 79.9. The second kappa shape index (κ2) is 11.1. The molecule has 44 heavy (non-hydrogen) atoms. The summed E-state index contributed by atoms with van der Waals surface area (Å²) in [7, 11) is 0. The molecule has 0 atom stereocenters. The molecule has 3 aromatic rings. The van der Waals surface area contributed by atoms with Crippen LogP contribution in [0.3, 0.4) is 0 Å². The van der Waals surface area contributed by atoms with E-state index in [-0.39, 0.29) is 17.2 Å². The van der Waals surface area contributed by atoms with Gasteiger partial charge in [0, 0.05) is 15.6 Å². The van der Waals surface area contributed by atoms with Gasteiger partial charge < -0.3 is 5.32 Å². The van der Waals surface area contributed by atoms with Crippen LogP contribution < -0.4 is 10.4 Å². The maximum absolute atomic E-state index is 15.5. The fraction of sp³-hybridized carbons (Fsp3) is 0.200. The van der Waals surface area contributed by atoms with E-state index in [0.29, 0.717) is 11.1 Å². The monoisotopic (exact) mass is 728 g/mol. The number of fused-ring (bicyclic) bond motifs is 1. The van der Waals surface area contributed by atoms with Gasteiger partial charge in [0.15, 0.2) is 5.82 Å². The van der Waals surface area contributed by atoms with E-state index >= 15 is 4.39 Å². The third-order valence-corrected chi connectivity index (χ3v) is 7.08. The van der Waals surface area contributed by atoms with Crippen molar-refractivity contribution in [3.8, 4) is 0 Å². The average Bonchev–Trinajstić information content (AvgIpc) is 2.89. The van der Waals surface area contributed by atoms with E-state index in [9.17, 15) is 57.9 Å². The Morgan fingerprint density at radius 2 is 1.55 bits per heavy atom. The van der Waals surface area contributed by atoms with Gasteiger partial charge in [-0.25, -0.2) is 13.2 Å². The predicted molar refractivity (Wildman–Crippen MR) is 131 cm³/mol. The van der Waals surface area contributed by atoms with Crippen molar-refractivity contribution >= 4 is 50.7 Å². The normalized spacial score (nSPS) is 14.5. The third-order valence-electron chi connectivity index (χ3n) is 6.17. The lowest BCUT2D eigenvalue weighted by molar-refractivity contribution is -0.348. The fourth-order valence-electron chi connectivity index (χ4n) is 4.06. The standard InChI is InChI=1S/C25H10BrClF12N2O3/c26-14-6-10(22(30,24(34,35)36)25(37,38)39)5-13(23(31,32)33)19(14)40-20(42)11-2-1-3-17(18(11)29)41-21(43)12-7-15(27)16(28)4-9(12)8-44-41/h1-7H,8H2,(H,40,42). The molecular formula is C25H10BrClF12N2O3. The molecule has 0 aliphatic carbocycles. The van der Waals surface area contributed by atoms with Gasteiger partial charge in [-0.15, -0.1) is 0 Å². The van der Waals surface area contributed by atoms with Crippen LogP contribution in [0.25, 0.3) is 0 Å². The molecule has 1 aliphatic rings. The second-order valence-electron chi connectivity index (χ2n) is 8.92. The van der Waals surface area contributed by atoms with Crippen molar-refractivity contribution in [3.05, 3.63) is 91.4 Å². The summed E-state index contributed by atoms with van der Waals surface area (Å²) >= 11 is 8.01. The summed E-state index contributed by atoms with van der Waals surface area (Å²) in [5.41, 5.74) is -14.6. The average molecular weight is 730 g/mol. The molecule has 5 nitrogen and oxygen atoms in total. The van der Waals surface area contributed by atoms with Crippen LogP contribution in [0.5, 0.6) is 0 Å². The van der Waals surface area contributed by atoms with Gasteiger partial charge >= 0.3 is 24.2 Å². The first-order valence-electron chi connectivity index (χ1n) is 11.4. The van der Waals surface area contributed by atoms with Crippen LogP contribution in [-0.2, 0) is 23.3 Å². The summed E-state index contributed by atoms with van der Waals surface area (Å²) in [6.45, 7) is -0.495. The van der Waals surface area contributed by atoms with E-state index in [1.165, 1.54) is 5.32 Å². The lowest BCUT2D eigenvalue weighted by Gasteiger charge is -2.31. The van der Waals surface area contributed by atoms with E-state index in [4.69, 9.17) is 16.4 Å². The molecule has 0 saturated heterocycles. The van der Waals surface area contributed by atoms with Crippen molar-refractivity contribution in [1.29, 1.82) is 0 Å². The summed E-state index contributed by atoms with van der Waals surface area (Å²) in [6.07, 6.45) is -19.3. The van der Waals surface area contributed by atoms with E-state index in [0.717, 1.165) is 24.3 Å². The number of halogens is 14. The van der Waals surface area contributed by atoms with Crippen molar-refractivity contribution in [3.63, 3.8) is 0 Å². The minimum atomic E-state index is -6.75. The number of carbonyl (C=O) groups excluding carboxylic acids is 2. The number of nitrogens with zero attached hydrogens (tertiary/aromatic N) is 1. The topological polar surface area (TPSA) is 58.6 Å². The Kier molecular flexibility index (Phi) is 8.45. The number of hydroxylamine groups is 1. The van der Waals surface area contributed by atoms with Crippen LogP contribution in [0.1, 0.15) is 37.4 Å². The Morgan fingerprint density at radius 1 is 0.932 bits per heavy atom. The molecule has 0 radical (unpaired) electrons. The van der Waals surface area contributed by atoms with Crippen LogP contribution in [0.4, 0.5) is 64.1 Å². The van der Waals surface area contributed by atoms with Crippen molar-refractivity contribution in [2.24, 2.45) is 0 Å². The van der Waals surface area contributed by atoms with Gasteiger partial charge in [0.05, 0.1) is 21.8 Å². The Bertz CT molecular complexity index is 1660. The van der Waals surface area contributed by atoms with Crippen LogP contribution in [0, 0.1) is 11.6 Å². The number of anilines is 2. The molecule has 1 N–H and O–H groups in total. The molecule has 2 amide bonds. The van der Waals surface area contributed by atoms with Gasteiger partial charge in [0.2, 0.25) is 0 Å². The summed E-state index contributed by atoms with van der Waals surface area (Å²) in [6, 6.07) is 3.29. The lowest BCUT2D eigenvalue weighted by Crippen LogP contribution is -2.50. The van der Waals surface area contributed by atoms with Crippen molar-refractivity contribution < 1.29 is 67.1 Å². The van der Waals surface area contributed by atoms with E-state index in [1.54, 1.807) is 0 Å². The molecular weight excluding hydrogens is 720 g/mol. The molecule has 0 fully saturated rings. The molecule has 0 bridgehead atoms. The number of hydrogen-bond donors (Lipinski definition) is 1. The van der Waals surface area contributed by atoms with Gasteiger partial charge in [-0.3, -0.25) is 14.4 Å². The maximum Gasteiger partial charge on any atom is 0.435 e. The maximum atomic E-state index is 15.5. The molecule has 1 heterocycles. The number of hydrogen-bond acceptors (Lipinski definition) is 3. The first-order valence-corrected chi connectivity index (χ1v) is 12.6. The van der Waals surface area contributed by atoms with Gasteiger partial charge in [0.25, 0.3) is 11.8 Å². The number of benzene rings is 3. The molecule has 0 aromatic heterocycles. The minimum Gasteiger partial charge on any atom is -0.320 e. The number of carbonyl (C=O) groups is 2. The number of alkyl halides is 10. The zero-order valence-corrected chi connectivity index (χ0v) is 23.1. The van der Waals surface area contributed by atoms with Crippen molar-refractivity contribution in [2.75, 3.05) is 10.4 Å². The number of amides is 2. The van der Waals surface area contributed by atoms with Crippen molar-refractivity contribution in [2.45, 2.75) is 30.8 Å². The van der Waals surface area contributed by atoms with E-state index in [1.807, 2.05) is 0 Å². The molecule has 0 unspecified atom stereocenters. The lowest BCUT2D eigenvalue weighted by atomic mass is 9.92. The number of rotatable bonds is 4. The molecule has 236 valence electrons. The largest absolute Gasteiger partial charge is 0.435 e. The minimum absolute atomic E-state index is 0.0174. The Labute approximate surface area is 250 Å². The Balaban J connectivity index is 1.75. The second-order valence-corrected chi connectivity index (χ2v) is 10.2. The highest BCUT2D eigenvalue weighted by Crippen LogP contribution is 2.55. The summed E-state index contributed by atoms with van der Waals surface area (Å²) in [5.74, 6) is -5.29. The number of nitrogens with one attached hydrogen (secondary N) is 1. The van der Waals surface area contributed by atoms with Crippen LogP contribution >= 0.6 is 27.5 Å². The van der Waals surface area contributed by atoms with E-state index < -0.39 is 97.9 Å². The molecule has 19 heteroatoms. The SMILES string of the molecule is O=C(Nc1c(Br)cc(C(F)(C(F)(F)F)C(F)(F)F)cc1C(F)(F)F)c1cccc(N2OCc3cc(F)c(Cl)cc3C2=O)c1F. The summed E-state index contributed by atoms with van der Waals surface area (Å²) < 4.78 is 163. The van der Waals surface area contributed by atoms with Crippen LogP contribution in [-0.4, -0.2) is 24.2 Å². The molecule has 1 aliphatic heterocycles. The third kappa shape index (κ3) is 5.69. The van der Waals surface area contributed by atoms with Crippen LogP contribution in [0.15, 0.2) is 46.9 Å².